The Morgan fingerprint density at radius 2 is 2.07 bits per heavy atom. The SMILES string of the molecule is C#Cc1ccc(C(CN)C(=O)O)cc1. The normalized spacial score (nSPS) is 11.7. The molecule has 0 amide bonds. The van der Waals surface area contributed by atoms with E-state index in [1.807, 2.05) is 0 Å². The highest BCUT2D eigenvalue weighted by atomic mass is 16.4. The highest BCUT2D eigenvalue weighted by Gasteiger charge is 2.17. The summed E-state index contributed by atoms with van der Waals surface area (Å²) >= 11 is 0. The maximum absolute atomic E-state index is 10.8. The Balaban J connectivity index is 2.96. The van der Waals surface area contributed by atoms with Crippen LogP contribution in [0.15, 0.2) is 24.3 Å². The van der Waals surface area contributed by atoms with Crippen LogP contribution in [0.1, 0.15) is 17.0 Å². The van der Waals surface area contributed by atoms with Crippen molar-refractivity contribution in [3.8, 4) is 12.3 Å². The standard InChI is InChI=1S/C11H11NO2/c1-2-8-3-5-9(6-4-8)10(7-12)11(13)14/h1,3-6,10H,7,12H2,(H,13,14). The molecule has 1 aromatic carbocycles. The molecule has 0 radical (unpaired) electrons. The summed E-state index contributed by atoms with van der Waals surface area (Å²) in [5, 5.41) is 8.83. The summed E-state index contributed by atoms with van der Waals surface area (Å²) < 4.78 is 0. The number of hydrogen-bond acceptors (Lipinski definition) is 2. The number of nitrogens with two attached hydrogens (primary N) is 1. The molecule has 0 aromatic heterocycles. The topological polar surface area (TPSA) is 63.3 Å². The van der Waals surface area contributed by atoms with Crippen LogP contribution < -0.4 is 5.73 Å². The number of hydrogen-bond donors (Lipinski definition) is 2. The fourth-order valence-corrected chi connectivity index (χ4v) is 1.19. The zero-order valence-corrected chi connectivity index (χ0v) is 7.60. The molecule has 1 rings (SSSR count). The van der Waals surface area contributed by atoms with E-state index >= 15 is 0 Å². The van der Waals surface area contributed by atoms with E-state index in [9.17, 15) is 4.79 Å². The first kappa shape index (κ1) is 10.3. The van der Waals surface area contributed by atoms with Crippen LogP contribution in [0.5, 0.6) is 0 Å². The molecule has 1 unspecified atom stereocenters. The lowest BCUT2D eigenvalue weighted by Crippen LogP contribution is -2.20. The largest absolute Gasteiger partial charge is 0.481 e. The van der Waals surface area contributed by atoms with Crippen molar-refractivity contribution < 1.29 is 9.90 Å². The van der Waals surface area contributed by atoms with Gasteiger partial charge in [-0.1, -0.05) is 18.1 Å². The molecular formula is C11H11NO2. The average molecular weight is 189 g/mol. The maximum Gasteiger partial charge on any atom is 0.312 e. The Hall–Kier alpha value is -1.79. The highest BCUT2D eigenvalue weighted by molar-refractivity contribution is 5.76. The molecule has 0 saturated carbocycles. The first-order valence-corrected chi connectivity index (χ1v) is 4.18. The molecule has 3 N–H and O–H groups in total. The zero-order valence-electron chi connectivity index (χ0n) is 7.60. The van der Waals surface area contributed by atoms with Crippen LogP contribution in [-0.4, -0.2) is 17.6 Å². The lowest BCUT2D eigenvalue weighted by atomic mass is 9.98. The van der Waals surface area contributed by atoms with Crippen molar-refractivity contribution in [1.82, 2.24) is 0 Å². The third-order valence-corrected chi connectivity index (χ3v) is 2.01. The van der Waals surface area contributed by atoms with Crippen molar-refractivity contribution in [3.63, 3.8) is 0 Å². The molecule has 3 heteroatoms. The van der Waals surface area contributed by atoms with Crippen molar-refractivity contribution >= 4 is 5.97 Å². The van der Waals surface area contributed by atoms with Gasteiger partial charge in [0, 0.05) is 12.1 Å². The molecule has 0 aliphatic rings. The zero-order chi connectivity index (χ0) is 10.6. The number of rotatable bonds is 3. The van der Waals surface area contributed by atoms with Crippen LogP contribution in [0.3, 0.4) is 0 Å². The van der Waals surface area contributed by atoms with Crippen LogP contribution in [0.25, 0.3) is 0 Å². The van der Waals surface area contributed by atoms with Crippen molar-refractivity contribution in [3.05, 3.63) is 35.4 Å². The summed E-state index contributed by atoms with van der Waals surface area (Å²) in [4.78, 5) is 10.8. The predicted octanol–water partition coefficient (Wildman–Crippen LogP) is 0.795. The molecular weight excluding hydrogens is 178 g/mol. The Bertz CT molecular complexity index is 362. The van der Waals surface area contributed by atoms with E-state index < -0.39 is 11.9 Å². The van der Waals surface area contributed by atoms with Gasteiger partial charge in [-0.3, -0.25) is 4.79 Å². The number of benzene rings is 1. The molecule has 3 nitrogen and oxygen atoms in total. The quantitative estimate of drug-likeness (QED) is 0.691. The van der Waals surface area contributed by atoms with Gasteiger partial charge < -0.3 is 10.8 Å². The molecule has 1 aromatic rings. The molecule has 72 valence electrons. The van der Waals surface area contributed by atoms with Crippen LogP contribution >= 0.6 is 0 Å². The van der Waals surface area contributed by atoms with E-state index in [1.165, 1.54) is 0 Å². The molecule has 0 bridgehead atoms. The van der Waals surface area contributed by atoms with Crippen LogP contribution in [-0.2, 0) is 4.79 Å². The number of aliphatic carboxylic acids is 1. The minimum atomic E-state index is -0.916. The molecule has 0 aliphatic carbocycles. The van der Waals surface area contributed by atoms with Crippen LogP contribution in [0.4, 0.5) is 0 Å². The van der Waals surface area contributed by atoms with Gasteiger partial charge in [0.1, 0.15) is 0 Å². The van der Waals surface area contributed by atoms with Gasteiger partial charge in [0.15, 0.2) is 0 Å². The fourth-order valence-electron chi connectivity index (χ4n) is 1.19. The van der Waals surface area contributed by atoms with E-state index in [1.54, 1.807) is 24.3 Å². The van der Waals surface area contributed by atoms with Gasteiger partial charge in [0.2, 0.25) is 0 Å². The molecule has 14 heavy (non-hydrogen) atoms. The first-order valence-electron chi connectivity index (χ1n) is 4.18. The second kappa shape index (κ2) is 4.45. The third kappa shape index (κ3) is 2.12. The number of terminal acetylenes is 1. The lowest BCUT2D eigenvalue weighted by molar-refractivity contribution is -0.138. The van der Waals surface area contributed by atoms with Crippen molar-refractivity contribution in [2.45, 2.75) is 5.92 Å². The van der Waals surface area contributed by atoms with Gasteiger partial charge in [-0.25, -0.2) is 0 Å². The monoisotopic (exact) mass is 189 g/mol. The summed E-state index contributed by atoms with van der Waals surface area (Å²) in [6, 6.07) is 6.81. The highest BCUT2D eigenvalue weighted by Crippen LogP contribution is 2.15. The smallest absolute Gasteiger partial charge is 0.312 e. The van der Waals surface area contributed by atoms with E-state index in [-0.39, 0.29) is 6.54 Å². The van der Waals surface area contributed by atoms with Gasteiger partial charge in [0.25, 0.3) is 0 Å². The molecule has 0 saturated heterocycles. The number of carbonyl (C=O) groups is 1. The molecule has 0 aliphatic heterocycles. The molecule has 1 atom stereocenters. The summed E-state index contributed by atoms with van der Waals surface area (Å²) in [7, 11) is 0. The van der Waals surface area contributed by atoms with Crippen molar-refractivity contribution in [2.75, 3.05) is 6.54 Å². The van der Waals surface area contributed by atoms with Crippen LogP contribution in [0, 0.1) is 12.3 Å². The minimum Gasteiger partial charge on any atom is -0.481 e. The minimum absolute atomic E-state index is 0.0880. The van der Waals surface area contributed by atoms with Crippen molar-refractivity contribution in [2.24, 2.45) is 5.73 Å². The number of carboxylic acids is 1. The Kier molecular flexibility index (Phi) is 3.27. The van der Waals surface area contributed by atoms with Gasteiger partial charge >= 0.3 is 5.97 Å². The third-order valence-electron chi connectivity index (χ3n) is 2.01. The fraction of sp³-hybridized carbons (Fsp3) is 0.182. The molecule has 0 heterocycles. The molecule has 0 fully saturated rings. The Morgan fingerprint density at radius 3 is 2.43 bits per heavy atom. The van der Waals surface area contributed by atoms with Gasteiger partial charge in [-0.2, -0.15) is 0 Å². The van der Waals surface area contributed by atoms with Crippen LogP contribution in [0.2, 0.25) is 0 Å². The van der Waals surface area contributed by atoms with Gasteiger partial charge in [-0.15, -0.1) is 6.42 Å². The van der Waals surface area contributed by atoms with E-state index in [2.05, 4.69) is 5.92 Å². The van der Waals surface area contributed by atoms with Gasteiger partial charge in [-0.05, 0) is 17.7 Å². The summed E-state index contributed by atoms with van der Waals surface area (Å²) in [6.07, 6.45) is 5.18. The second-order valence-corrected chi connectivity index (χ2v) is 2.89. The first-order chi connectivity index (χ1) is 6.69. The Labute approximate surface area is 82.6 Å². The van der Waals surface area contributed by atoms with Gasteiger partial charge in [0.05, 0.1) is 5.92 Å². The second-order valence-electron chi connectivity index (χ2n) is 2.89. The summed E-state index contributed by atoms with van der Waals surface area (Å²) in [6.45, 7) is 0.0880. The van der Waals surface area contributed by atoms with E-state index in [0.29, 0.717) is 5.56 Å². The average Bonchev–Trinajstić information content (AvgIpc) is 2.19. The summed E-state index contributed by atoms with van der Waals surface area (Å²) in [5.74, 6) is 0.895. The molecule has 0 spiro atoms. The number of carboxylic acid groups (broad SMARTS) is 1. The Morgan fingerprint density at radius 1 is 1.50 bits per heavy atom. The van der Waals surface area contributed by atoms with Crippen molar-refractivity contribution in [1.29, 1.82) is 0 Å². The van der Waals surface area contributed by atoms with E-state index in [0.717, 1.165) is 5.56 Å². The maximum atomic E-state index is 10.8. The van der Waals surface area contributed by atoms with E-state index in [4.69, 9.17) is 17.3 Å². The predicted molar refractivity (Wildman–Crippen MR) is 53.8 cm³/mol. The lowest BCUT2D eigenvalue weighted by Gasteiger charge is -2.09. The summed E-state index contributed by atoms with van der Waals surface area (Å²) in [5.41, 5.74) is 6.77.